The van der Waals surface area contributed by atoms with Crippen LogP contribution in [0.4, 0.5) is 0 Å². The van der Waals surface area contributed by atoms with Crippen LogP contribution in [0.15, 0.2) is 18.5 Å². The summed E-state index contributed by atoms with van der Waals surface area (Å²) in [4.78, 5) is 15.2. The first-order chi connectivity index (χ1) is 6.08. The fourth-order valence-electron chi connectivity index (χ4n) is 1.19. The fourth-order valence-corrected chi connectivity index (χ4v) is 1.19. The van der Waals surface area contributed by atoms with E-state index < -0.39 is 5.79 Å². The van der Waals surface area contributed by atoms with E-state index in [1.807, 2.05) is 0 Å². The number of carbonyl (C=O) groups excluding carboxylic acids is 1. The molecule has 2 heterocycles. The largest absolute Gasteiger partial charge is 0.452 e. The van der Waals surface area contributed by atoms with Gasteiger partial charge >= 0.3 is 5.97 Å². The van der Waals surface area contributed by atoms with E-state index in [0.717, 1.165) is 0 Å². The minimum Gasteiger partial charge on any atom is -0.452 e. The lowest BCUT2D eigenvalue weighted by molar-refractivity contribution is -0.127. The number of cyclic esters (lactones) is 1. The van der Waals surface area contributed by atoms with E-state index in [2.05, 4.69) is 4.98 Å². The molecule has 2 rings (SSSR count). The second-order valence-corrected chi connectivity index (χ2v) is 3.26. The average Bonchev–Trinajstić information content (AvgIpc) is 2.02. The lowest BCUT2D eigenvalue weighted by atomic mass is 10.2. The van der Waals surface area contributed by atoms with E-state index in [0.29, 0.717) is 11.3 Å². The molecule has 0 fully saturated rings. The predicted octanol–water partition coefficient (Wildman–Crippen LogP) is 1.37. The molecule has 0 saturated carbocycles. The van der Waals surface area contributed by atoms with Crippen LogP contribution in [-0.4, -0.2) is 16.7 Å². The summed E-state index contributed by atoms with van der Waals surface area (Å²) in [6, 6.07) is 1.65. The van der Waals surface area contributed by atoms with Crippen molar-refractivity contribution in [2.45, 2.75) is 19.6 Å². The number of esters is 1. The van der Waals surface area contributed by atoms with Gasteiger partial charge in [0.15, 0.2) is 0 Å². The molecule has 4 nitrogen and oxygen atoms in total. The molecule has 0 unspecified atom stereocenters. The Morgan fingerprint density at radius 3 is 2.92 bits per heavy atom. The van der Waals surface area contributed by atoms with Gasteiger partial charge < -0.3 is 9.47 Å². The quantitative estimate of drug-likeness (QED) is 0.564. The van der Waals surface area contributed by atoms with Crippen molar-refractivity contribution in [3.8, 4) is 5.75 Å². The molecule has 0 aromatic carbocycles. The third-order valence-corrected chi connectivity index (χ3v) is 1.70. The first-order valence-electron chi connectivity index (χ1n) is 3.95. The van der Waals surface area contributed by atoms with E-state index in [9.17, 15) is 4.79 Å². The zero-order valence-electron chi connectivity index (χ0n) is 7.40. The Morgan fingerprint density at radius 2 is 2.15 bits per heavy atom. The molecule has 0 saturated heterocycles. The van der Waals surface area contributed by atoms with Gasteiger partial charge in [0.25, 0.3) is 0 Å². The summed E-state index contributed by atoms with van der Waals surface area (Å²) in [5.41, 5.74) is 0.377. The monoisotopic (exact) mass is 179 g/mol. The number of rotatable bonds is 0. The highest BCUT2D eigenvalue weighted by atomic mass is 16.7. The van der Waals surface area contributed by atoms with Gasteiger partial charge in [-0.1, -0.05) is 0 Å². The summed E-state index contributed by atoms with van der Waals surface area (Å²) >= 11 is 0. The van der Waals surface area contributed by atoms with Crippen LogP contribution in [0, 0.1) is 0 Å². The molecule has 0 N–H and O–H groups in total. The maximum Gasteiger partial charge on any atom is 0.346 e. The fraction of sp³-hybridized carbons (Fsp3) is 0.333. The number of pyridine rings is 1. The van der Waals surface area contributed by atoms with Gasteiger partial charge in [-0.25, -0.2) is 4.79 Å². The van der Waals surface area contributed by atoms with Crippen molar-refractivity contribution in [3.05, 3.63) is 24.0 Å². The molecule has 0 radical (unpaired) electrons. The SMILES string of the molecule is CC1(C)OC(=O)c2cnccc2O1. The maximum atomic E-state index is 11.4. The van der Waals surface area contributed by atoms with Crippen molar-refractivity contribution >= 4 is 5.97 Å². The van der Waals surface area contributed by atoms with E-state index in [1.54, 1.807) is 26.1 Å². The Morgan fingerprint density at radius 1 is 1.38 bits per heavy atom. The molecule has 1 aromatic rings. The highest BCUT2D eigenvalue weighted by molar-refractivity contribution is 5.93. The van der Waals surface area contributed by atoms with Crippen LogP contribution in [0.1, 0.15) is 24.2 Å². The van der Waals surface area contributed by atoms with E-state index in [4.69, 9.17) is 9.47 Å². The molecule has 13 heavy (non-hydrogen) atoms. The van der Waals surface area contributed by atoms with Gasteiger partial charge in [-0.15, -0.1) is 0 Å². The van der Waals surface area contributed by atoms with Crippen molar-refractivity contribution in [1.82, 2.24) is 4.98 Å². The summed E-state index contributed by atoms with van der Waals surface area (Å²) in [6.07, 6.45) is 3.01. The Kier molecular flexibility index (Phi) is 1.52. The van der Waals surface area contributed by atoms with Gasteiger partial charge in [0.05, 0.1) is 0 Å². The molecule has 4 heteroatoms. The smallest absolute Gasteiger partial charge is 0.346 e. The first-order valence-corrected chi connectivity index (χ1v) is 3.95. The molecule has 1 aliphatic rings. The molecule has 0 spiro atoms. The Bertz CT molecular complexity index is 360. The standard InChI is InChI=1S/C9H9NO3/c1-9(2)12-7-3-4-10-5-6(7)8(11)13-9/h3-5H,1-2H3. The number of carbonyl (C=O) groups is 1. The van der Waals surface area contributed by atoms with Crippen molar-refractivity contribution < 1.29 is 14.3 Å². The van der Waals surface area contributed by atoms with Gasteiger partial charge in [0.2, 0.25) is 5.79 Å². The molecule has 0 amide bonds. The third-order valence-electron chi connectivity index (χ3n) is 1.70. The lowest BCUT2D eigenvalue weighted by Crippen LogP contribution is -2.38. The van der Waals surface area contributed by atoms with Crippen LogP contribution in [0.3, 0.4) is 0 Å². The van der Waals surface area contributed by atoms with Crippen LogP contribution in [0.5, 0.6) is 5.75 Å². The Hall–Kier alpha value is -1.58. The average molecular weight is 179 g/mol. The normalized spacial score (nSPS) is 18.5. The number of nitrogens with zero attached hydrogens (tertiary/aromatic N) is 1. The van der Waals surface area contributed by atoms with Gasteiger partial charge in [-0.05, 0) is 6.07 Å². The highest BCUT2D eigenvalue weighted by Crippen LogP contribution is 2.29. The number of hydrogen-bond acceptors (Lipinski definition) is 4. The molecule has 1 aliphatic heterocycles. The number of ether oxygens (including phenoxy) is 2. The molecular weight excluding hydrogens is 170 g/mol. The Balaban J connectivity index is 2.49. The van der Waals surface area contributed by atoms with Crippen molar-refractivity contribution in [2.24, 2.45) is 0 Å². The van der Waals surface area contributed by atoms with Crippen molar-refractivity contribution in [2.75, 3.05) is 0 Å². The van der Waals surface area contributed by atoms with Crippen LogP contribution < -0.4 is 4.74 Å². The number of fused-ring (bicyclic) bond motifs is 1. The predicted molar refractivity (Wildman–Crippen MR) is 44.4 cm³/mol. The summed E-state index contributed by atoms with van der Waals surface area (Å²) in [7, 11) is 0. The highest BCUT2D eigenvalue weighted by Gasteiger charge is 2.33. The third kappa shape index (κ3) is 1.35. The molecular formula is C9H9NO3. The van der Waals surface area contributed by atoms with Gasteiger partial charge in [-0.2, -0.15) is 0 Å². The summed E-state index contributed by atoms with van der Waals surface area (Å²) in [5, 5.41) is 0. The molecule has 1 aromatic heterocycles. The Labute approximate surface area is 75.5 Å². The van der Waals surface area contributed by atoms with E-state index in [-0.39, 0.29) is 5.97 Å². The van der Waals surface area contributed by atoms with Crippen LogP contribution >= 0.6 is 0 Å². The van der Waals surface area contributed by atoms with Gasteiger partial charge in [0.1, 0.15) is 11.3 Å². The lowest BCUT2D eigenvalue weighted by Gasteiger charge is -2.31. The zero-order chi connectivity index (χ0) is 9.47. The number of aromatic nitrogens is 1. The second-order valence-electron chi connectivity index (χ2n) is 3.26. The second kappa shape index (κ2) is 2.45. The van der Waals surface area contributed by atoms with Crippen LogP contribution in [0.25, 0.3) is 0 Å². The van der Waals surface area contributed by atoms with Crippen LogP contribution in [0.2, 0.25) is 0 Å². The molecule has 0 bridgehead atoms. The minimum absolute atomic E-state index is 0.377. The van der Waals surface area contributed by atoms with Crippen molar-refractivity contribution in [1.29, 1.82) is 0 Å². The van der Waals surface area contributed by atoms with Gasteiger partial charge in [-0.3, -0.25) is 4.98 Å². The molecule has 0 aliphatic carbocycles. The van der Waals surface area contributed by atoms with E-state index >= 15 is 0 Å². The molecule has 68 valence electrons. The van der Waals surface area contributed by atoms with Crippen molar-refractivity contribution in [3.63, 3.8) is 0 Å². The van der Waals surface area contributed by atoms with Gasteiger partial charge in [0, 0.05) is 26.2 Å². The first kappa shape index (κ1) is 8.04. The molecule has 0 atom stereocenters. The topological polar surface area (TPSA) is 48.4 Å². The van der Waals surface area contributed by atoms with E-state index in [1.165, 1.54) is 6.20 Å². The minimum atomic E-state index is -0.883. The summed E-state index contributed by atoms with van der Waals surface area (Å²) in [6.45, 7) is 3.38. The van der Waals surface area contributed by atoms with Crippen LogP contribution in [-0.2, 0) is 4.74 Å². The number of hydrogen-bond donors (Lipinski definition) is 0. The summed E-state index contributed by atoms with van der Waals surface area (Å²) < 4.78 is 10.4. The maximum absolute atomic E-state index is 11.4. The summed E-state index contributed by atoms with van der Waals surface area (Å²) in [5.74, 6) is -0.749. The zero-order valence-corrected chi connectivity index (χ0v) is 7.40.